The van der Waals surface area contributed by atoms with E-state index in [-0.39, 0.29) is 0 Å². The third kappa shape index (κ3) is 7.37. The average molecular weight is 213 g/mol. The maximum atomic E-state index is 7.33. The summed E-state index contributed by atoms with van der Waals surface area (Å²) >= 11 is 0. The van der Waals surface area contributed by atoms with E-state index in [1.807, 2.05) is 0 Å². The normalized spacial score (nSPS) is 13.9. The van der Waals surface area contributed by atoms with Gasteiger partial charge < -0.3 is 5.73 Å². The van der Waals surface area contributed by atoms with E-state index in [0.717, 1.165) is 13.1 Å². The second-order valence-electron chi connectivity index (χ2n) is 5.32. The van der Waals surface area contributed by atoms with Crippen molar-refractivity contribution in [2.75, 3.05) is 13.1 Å². The van der Waals surface area contributed by atoms with Crippen LogP contribution in [-0.2, 0) is 0 Å². The Balaban J connectivity index is 4.26. The minimum atomic E-state index is 0.292. The largest absolute Gasteiger partial charge is 0.388 e. The molecule has 0 aliphatic heterocycles. The Labute approximate surface area is 94.5 Å². The molecule has 0 bridgehead atoms. The molecule has 15 heavy (non-hydrogen) atoms. The minimum absolute atomic E-state index is 0.292. The first-order chi connectivity index (χ1) is 6.82. The van der Waals surface area contributed by atoms with Gasteiger partial charge >= 0.3 is 0 Å². The van der Waals surface area contributed by atoms with Crippen LogP contribution in [0.2, 0.25) is 0 Å². The molecule has 0 saturated heterocycles. The molecular weight excluding hydrogens is 186 g/mol. The molecule has 3 N–H and O–H groups in total. The highest BCUT2D eigenvalue weighted by Crippen LogP contribution is 2.10. The number of nitrogens with two attached hydrogens (primary N) is 1. The SMILES string of the molecule is CC(C)CN(CC(C)C)C(C)CC(=N)N. The van der Waals surface area contributed by atoms with Crippen LogP contribution in [0.25, 0.3) is 0 Å². The summed E-state index contributed by atoms with van der Waals surface area (Å²) < 4.78 is 0. The highest BCUT2D eigenvalue weighted by molar-refractivity contribution is 5.77. The Morgan fingerprint density at radius 1 is 1.07 bits per heavy atom. The van der Waals surface area contributed by atoms with E-state index in [9.17, 15) is 0 Å². The van der Waals surface area contributed by atoms with Gasteiger partial charge in [0.25, 0.3) is 0 Å². The lowest BCUT2D eigenvalue weighted by atomic mass is 10.1. The van der Waals surface area contributed by atoms with Gasteiger partial charge in [0.15, 0.2) is 0 Å². The monoisotopic (exact) mass is 213 g/mol. The second kappa shape index (κ2) is 6.83. The molecule has 0 fully saturated rings. The molecule has 0 aliphatic rings. The van der Waals surface area contributed by atoms with Crippen molar-refractivity contribution >= 4 is 5.84 Å². The molecule has 0 aromatic rings. The Hall–Kier alpha value is -0.570. The third-order valence-electron chi connectivity index (χ3n) is 2.34. The van der Waals surface area contributed by atoms with Crippen LogP contribution in [-0.4, -0.2) is 29.9 Å². The van der Waals surface area contributed by atoms with Crippen molar-refractivity contribution in [3.05, 3.63) is 0 Å². The van der Waals surface area contributed by atoms with Gasteiger partial charge in [-0.1, -0.05) is 27.7 Å². The number of hydrogen-bond acceptors (Lipinski definition) is 2. The van der Waals surface area contributed by atoms with Crippen LogP contribution in [0.1, 0.15) is 41.0 Å². The van der Waals surface area contributed by atoms with Gasteiger partial charge in [0, 0.05) is 25.6 Å². The van der Waals surface area contributed by atoms with Crippen molar-refractivity contribution in [3.8, 4) is 0 Å². The van der Waals surface area contributed by atoms with Crippen molar-refractivity contribution in [1.29, 1.82) is 5.41 Å². The number of amidine groups is 1. The van der Waals surface area contributed by atoms with Gasteiger partial charge in [-0.05, 0) is 18.8 Å². The van der Waals surface area contributed by atoms with Gasteiger partial charge in [0.1, 0.15) is 0 Å². The summed E-state index contributed by atoms with van der Waals surface area (Å²) in [5.74, 6) is 1.62. The molecule has 0 heterocycles. The van der Waals surface area contributed by atoms with Gasteiger partial charge in [0.05, 0.1) is 5.84 Å². The van der Waals surface area contributed by atoms with Crippen LogP contribution in [0.4, 0.5) is 0 Å². The Kier molecular flexibility index (Phi) is 6.57. The van der Waals surface area contributed by atoms with Crippen molar-refractivity contribution < 1.29 is 0 Å². The molecule has 0 aromatic carbocycles. The van der Waals surface area contributed by atoms with Crippen LogP contribution < -0.4 is 5.73 Å². The van der Waals surface area contributed by atoms with Gasteiger partial charge in [-0.15, -0.1) is 0 Å². The van der Waals surface area contributed by atoms with Crippen molar-refractivity contribution in [1.82, 2.24) is 4.90 Å². The zero-order valence-corrected chi connectivity index (χ0v) is 10.9. The second-order valence-corrected chi connectivity index (χ2v) is 5.32. The molecule has 0 rings (SSSR count). The van der Waals surface area contributed by atoms with Gasteiger partial charge in [-0.2, -0.15) is 0 Å². The van der Waals surface area contributed by atoms with E-state index < -0.39 is 0 Å². The summed E-state index contributed by atoms with van der Waals surface area (Å²) in [4.78, 5) is 2.44. The first-order valence-electron chi connectivity index (χ1n) is 5.89. The molecule has 0 aromatic heterocycles. The Morgan fingerprint density at radius 3 is 1.73 bits per heavy atom. The molecule has 0 saturated carbocycles. The number of nitrogens with zero attached hydrogens (tertiary/aromatic N) is 1. The third-order valence-corrected chi connectivity index (χ3v) is 2.34. The summed E-state index contributed by atoms with van der Waals surface area (Å²) in [5.41, 5.74) is 5.45. The lowest BCUT2D eigenvalue weighted by Crippen LogP contribution is -2.40. The predicted molar refractivity (Wildman–Crippen MR) is 67.2 cm³/mol. The number of nitrogens with one attached hydrogen (secondary N) is 1. The summed E-state index contributed by atoms with van der Waals surface area (Å²) in [6, 6.07) is 0.382. The smallest absolute Gasteiger partial charge is 0.0920 e. The van der Waals surface area contributed by atoms with Crippen molar-refractivity contribution in [2.45, 2.75) is 47.1 Å². The molecule has 0 amide bonds. The van der Waals surface area contributed by atoms with E-state index in [0.29, 0.717) is 30.1 Å². The fourth-order valence-corrected chi connectivity index (χ4v) is 1.82. The van der Waals surface area contributed by atoms with Crippen LogP contribution >= 0.6 is 0 Å². The van der Waals surface area contributed by atoms with Crippen molar-refractivity contribution in [3.63, 3.8) is 0 Å². The fourth-order valence-electron chi connectivity index (χ4n) is 1.82. The standard InChI is InChI=1S/C12H27N3/c1-9(2)7-15(8-10(3)4)11(5)6-12(13)14/h9-11H,6-8H2,1-5H3,(H3,13,14). The lowest BCUT2D eigenvalue weighted by molar-refractivity contribution is 0.169. The quantitative estimate of drug-likeness (QED) is 0.504. The van der Waals surface area contributed by atoms with E-state index >= 15 is 0 Å². The van der Waals surface area contributed by atoms with E-state index in [1.165, 1.54) is 0 Å². The van der Waals surface area contributed by atoms with Gasteiger partial charge in [0.2, 0.25) is 0 Å². The van der Waals surface area contributed by atoms with Crippen molar-refractivity contribution in [2.24, 2.45) is 17.6 Å². The Morgan fingerprint density at radius 2 is 1.47 bits per heavy atom. The molecule has 1 unspecified atom stereocenters. The lowest BCUT2D eigenvalue weighted by Gasteiger charge is -2.31. The summed E-state index contributed by atoms with van der Waals surface area (Å²) in [5, 5.41) is 7.33. The van der Waals surface area contributed by atoms with Gasteiger partial charge in [-0.3, -0.25) is 10.3 Å². The first kappa shape index (κ1) is 14.4. The molecule has 0 spiro atoms. The zero-order valence-electron chi connectivity index (χ0n) is 10.9. The molecule has 3 heteroatoms. The molecule has 90 valence electrons. The van der Waals surface area contributed by atoms with Crippen LogP contribution in [0.15, 0.2) is 0 Å². The molecule has 0 radical (unpaired) electrons. The molecular formula is C12H27N3. The van der Waals surface area contributed by atoms with Crippen LogP contribution in [0.5, 0.6) is 0 Å². The first-order valence-corrected chi connectivity index (χ1v) is 5.89. The highest BCUT2D eigenvalue weighted by atomic mass is 15.2. The minimum Gasteiger partial charge on any atom is -0.388 e. The molecule has 1 atom stereocenters. The highest BCUT2D eigenvalue weighted by Gasteiger charge is 2.16. The fraction of sp³-hybridized carbons (Fsp3) is 0.917. The van der Waals surface area contributed by atoms with E-state index in [1.54, 1.807) is 0 Å². The molecule has 0 aliphatic carbocycles. The number of hydrogen-bond donors (Lipinski definition) is 2. The van der Waals surface area contributed by atoms with Crippen LogP contribution in [0.3, 0.4) is 0 Å². The Bertz CT molecular complexity index is 177. The maximum Gasteiger partial charge on any atom is 0.0920 e. The van der Waals surface area contributed by atoms with Gasteiger partial charge in [-0.25, -0.2) is 0 Å². The predicted octanol–water partition coefficient (Wildman–Crippen LogP) is 2.31. The molecule has 3 nitrogen and oxygen atoms in total. The maximum absolute atomic E-state index is 7.33. The average Bonchev–Trinajstić information content (AvgIpc) is 1.99. The number of rotatable bonds is 7. The topological polar surface area (TPSA) is 53.1 Å². The summed E-state index contributed by atoms with van der Waals surface area (Å²) in [7, 11) is 0. The van der Waals surface area contributed by atoms with Crippen LogP contribution in [0, 0.1) is 17.2 Å². The summed E-state index contributed by atoms with van der Waals surface area (Å²) in [6.45, 7) is 13.3. The zero-order chi connectivity index (χ0) is 12.0. The van der Waals surface area contributed by atoms with E-state index in [4.69, 9.17) is 11.1 Å². The summed E-state index contributed by atoms with van der Waals surface area (Å²) in [6.07, 6.45) is 0.680. The van der Waals surface area contributed by atoms with E-state index in [2.05, 4.69) is 39.5 Å².